The van der Waals surface area contributed by atoms with Crippen LogP contribution in [0.5, 0.6) is 0 Å². The van der Waals surface area contributed by atoms with Crippen molar-refractivity contribution in [1.29, 1.82) is 0 Å². The minimum absolute atomic E-state index is 0.0692. The van der Waals surface area contributed by atoms with E-state index in [0.717, 1.165) is 36.8 Å². The highest BCUT2D eigenvalue weighted by molar-refractivity contribution is 8.04. The Hall–Kier alpha value is -1.55. The van der Waals surface area contributed by atoms with Crippen LogP contribution in [-0.4, -0.2) is 28.0 Å². The monoisotopic (exact) mass is 357 g/mol. The molecule has 4 heteroatoms. The molecule has 1 fully saturated rings. The van der Waals surface area contributed by atoms with E-state index in [-0.39, 0.29) is 23.1 Å². The van der Waals surface area contributed by atoms with Gasteiger partial charge >= 0.3 is 0 Å². The van der Waals surface area contributed by atoms with Crippen molar-refractivity contribution in [3.05, 3.63) is 39.8 Å². The predicted octanol–water partition coefficient (Wildman–Crippen LogP) is 4.86. The Morgan fingerprint density at radius 2 is 1.72 bits per heavy atom. The summed E-state index contributed by atoms with van der Waals surface area (Å²) in [5, 5.41) is 0.263. The van der Waals surface area contributed by atoms with Crippen LogP contribution in [0.2, 0.25) is 0 Å². The molecule has 134 valence electrons. The third kappa shape index (κ3) is 3.55. The number of hydrogen-bond acceptors (Lipinski definition) is 3. The lowest BCUT2D eigenvalue weighted by molar-refractivity contribution is -0.139. The first-order valence-electron chi connectivity index (χ1n) is 9.26. The number of thioether (sulfide) groups is 1. The maximum absolute atomic E-state index is 13.3. The van der Waals surface area contributed by atoms with Crippen LogP contribution in [-0.2, 0) is 9.59 Å². The number of rotatable bonds is 4. The summed E-state index contributed by atoms with van der Waals surface area (Å²) in [6.45, 7) is 8.20. The smallest absolute Gasteiger partial charge is 0.268 e. The van der Waals surface area contributed by atoms with Gasteiger partial charge in [0.1, 0.15) is 0 Å². The maximum atomic E-state index is 13.3. The van der Waals surface area contributed by atoms with Crippen molar-refractivity contribution < 1.29 is 9.59 Å². The molecule has 0 spiro atoms. The van der Waals surface area contributed by atoms with Gasteiger partial charge in [0.05, 0.1) is 10.5 Å². The van der Waals surface area contributed by atoms with Crippen LogP contribution >= 0.6 is 11.8 Å². The molecule has 0 aromatic heterocycles. The van der Waals surface area contributed by atoms with Crippen molar-refractivity contribution in [1.82, 2.24) is 4.90 Å². The normalized spacial score (nSPS) is 19.5. The number of benzene rings is 1. The van der Waals surface area contributed by atoms with Gasteiger partial charge < -0.3 is 0 Å². The molecule has 2 amide bonds. The number of carbonyl (C=O) groups is 2. The van der Waals surface area contributed by atoms with E-state index in [1.54, 1.807) is 4.90 Å². The molecule has 2 aliphatic rings. The van der Waals surface area contributed by atoms with Crippen LogP contribution in [0, 0.1) is 13.8 Å². The van der Waals surface area contributed by atoms with Gasteiger partial charge in [0.15, 0.2) is 0 Å². The zero-order chi connectivity index (χ0) is 18.1. The van der Waals surface area contributed by atoms with Gasteiger partial charge in [0.25, 0.3) is 11.8 Å². The first kappa shape index (κ1) is 18.2. The summed E-state index contributed by atoms with van der Waals surface area (Å²) in [7, 11) is 0. The van der Waals surface area contributed by atoms with Crippen molar-refractivity contribution in [2.75, 3.05) is 0 Å². The van der Waals surface area contributed by atoms with Gasteiger partial charge in [-0.15, -0.1) is 11.8 Å². The number of amides is 2. The minimum Gasteiger partial charge on any atom is -0.271 e. The average Bonchev–Trinajstić information content (AvgIpc) is 2.79. The second-order valence-electron chi connectivity index (χ2n) is 7.46. The lowest BCUT2D eigenvalue weighted by Crippen LogP contribution is -2.42. The number of carbonyl (C=O) groups excluding carboxylic acids is 2. The van der Waals surface area contributed by atoms with Gasteiger partial charge in [-0.2, -0.15) is 0 Å². The Kier molecular flexibility index (Phi) is 5.38. The number of aryl methyl sites for hydroxylation is 2. The standard InChI is InChI=1S/C21H27NO2S/c1-13(2)25-19-18(17-11-10-14(3)12-15(17)4)20(23)22(21(19)24)16-8-6-5-7-9-16/h10-13,16H,5-9H2,1-4H3. The lowest BCUT2D eigenvalue weighted by atomic mass is 9.94. The average molecular weight is 358 g/mol. The zero-order valence-corrected chi connectivity index (χ0v) is 16.4. The molecule has 1 aromatic rings. The summed E-state index contributed by atoms with van der Waals surface area (Å²) in [5.41, 5.74) is 3.75. The second kappa shape index (κ2) is 7.36. The molecule has 25 heavy (non-hydrogen) atoms. The van der Waals surface area contributed by atoms with Crippen molar-refractivity contribution in [2.45, 2.75) is 71.1 Å². The topological polar surface area (TPSA) is 37.4 Å². The fraction of sp³-hybridized carbons (Fsp3) is 0.524. The van der Waals surface area contributed by atoms with Crippen LogP contribution in [0.4, 0.5) is 0 Å². The summed E-state index contributed by atoms with van der Waals surface area (Å²) in [6.07, 6.45) is 5.30. The molecule has 0 atom stereocenters. The molecular formula is C21H27NO2S. The fourth-order valence-corrected chi connectivity index (χ4v) is 4.86. The third-order valence-electron chi connectivity index (χ3n) is 5.02. The van der Waals surface area contributed by atoms with Crippen LogP contribution in [0.1, 0.15) is 62.6 Å². The molecule has 3 rings (SSSR count). The minimum atomic E-state index is -0.0907. The van der Waals surface area contributed by atoms with Gasteiger partial charge in [0, 0.05) is 11.3 Å². The first-order chi connectivity index (χ1) is 11.9. The maximum Gasteiger partial charge on any atom is 0.268 e. The van der Waals surface area contributed by atoms with Crippen molar-refractivity contribution in [3.63, 3.8) is 0 Å². The van der Waals surface area contributed by atoms with Gasteiger partial charge in [-0.1, -0.05) is 56.9 Å². The molecule has 0 radical (unpaired) electrons. The molecule has 0 bridgehead atoms. The molecule has 1 aliphatic carbocycles. The Balaban J connectivity index is 2.05. The molecule has 1 aliphatic heterocycles. The van der Waals surface area contributed by atoms with E-state index in [0.29, 0.717) is 10.5 Å². The van der Waals surface area contributed by atoms with E-state index in [9.17, 15) is 9.59 Å². The Morgan fingerprint density at radius 1 is 1.04 bits per heavy atom. The van der Waals surface area contributed by atoms with Gasteiger partial charge in [-0.25, -0.2) is 0 Å². The first-order valence-corrected chi connectivity index (χ1v) is 10.1. The highest BCUT2D eigenvalue weighted by Crippen LogP contribution is 2.41. The molecular weight excluding hydrogens is 330 g/mol. The number of imide groups is 1. The zero-order valence-electron chi connectivity index (χ0n) is 15.6. The predicted molar refractivity (Wildman–Crippen MR) is 104 cm³/mol. The van der Waals surface area contributed by atoms with Crippen LogP contribution < -0.4 is 0 Å². The highest BCUT2D eigenvalue weighted by Gasteiger charge is 2.43. The summed E-state index contributed by atoms with van der Waals surface area (Å²) in [5.74, 6) is -0.169. The van der Waals surface area contributed by atoms with Crippen molar-refractivity contribution in [2.24, 2.45) is 0 Å². The van der Waals surface area contributed by atoms with E-state index >= 15 is 0 Å². The molecule has 3 nitrogen and oxygen atoms in total. The molecule has 1 aromatic carbocycles. The van der Waals surface area contributed by atoms with E-state index in [1.165, 1.54) is 23.7 Å². The molecule has 0 unspecified atom stereocenters. The Labute approximate surface area is 154 Å². The van der Waals surface area contributed by atoms with Crippen molar-refractivity contribution in [3.8, 4) is 0 Å². The fourth-order valence-electron chi connectivity index (χ4n) is 3.87. The van der Waals surface area contributed by atoms with E-state index < -0.39 is 0 Å². The van der Waals surface area contributed by atoms with Gasteiger partial charge in [-0.05, 0) is 37.8 Å². The molecule has 1 heterocycles. The number of nitrogens with zero attached hydrogens (tertiary/aromatic N) is 1. The van der Waals surface area contributed by atoms with Crippen LogP contribution in [0.25, 0.3) is 5.57 Å². The number of hydrogen-bond donors (Lipinski definition) is 0. The molecule has 0 saturated heterocycles. The summed E-state index contributed by atoms with van der Waals surface area (Å²) in [6, 6.07) is 6.17. The van der Waals surface area contributed by atoms with Gasteiger partial charge in [-0.3, -0.25) is 14.5 Å². The third-order valence-corrected chi connectivity index (χ3v) is 6.10. The quantitative estimate of drug-likeness (QED) is 0.722. The summed E-state index contributed by atoms with van der Waals surface area (Å²) >= 11 is 1.53. The summed E-state index contributed by atoms with van der Waals surface area (Å²) in [4.78, 5) is 28.6. The van der Waals surface area contributed by atoms with Crippen molar-refractivity contribution >= 4 is 29.1 Å². The van der Waals surface area contributed by atoms with Gasteiger partial charge in [0.2, 0.25) is 0 Å². The Bertz CT molecular complexity index is 729. The van der Waals surface area contributed by atoms with E-state index in [2.05, 4.69) is 19.9 Å². The van der Waals surface area contributed by atoms with E-state index in [1.807, 2.05) is 26.0 Å². The van der Waals surface area contributed by atoms with E-state index in [4.69, 9.17) is 0 Å². The second-order valence-corrected chi connectivity index (χ2v) is 9.05. The lowest BCUT2D eigenvalue weighted by Gasteiger charge is -2.30. The SMILES string of the molecule is Cc1ccc(C2=C(SC(C)C)C(=O)N(C3CCCCC3)C2=O)c(C)c1. The molecule has 1 saturated carbocycles. The highest BCUT2D eigenvalue weighted by atomic mass is 32.2. The van der Waals surface area contributed by atoms with Crippen LogP contribution in [0.3, 0.4) is 0 Å². The Morgan fingerprint density at radius 3 is 2.32 bits per heavy atom. The molecule has 0 N–H and O–H groups in total. The summed E-state index contributed by atoms with van der Waals surface area (Å²) < 4.78 is 0. The largest absolute Gasteiger partial charge is 0.271 e. The van der Waals surface area contributed by atoms with Crippen LogP contribution in [0.15, 0.2) is 23.1 Å².